The quantitative estimate of drug-likeness (QED) is 0.369. The fourth-order valence-electron chi connectivity index (χ4n) is 3.08. The van der Waals surface area contributed by atoms with Crippen LogP contribution in [0.4, 0.5) is 5.82 Å². The summed E-state index contributed by atoms with van der Waals surface area (Å²) >= 11 is 3.39. The van der Waals surface area contributed by atoms with E-state index in [9.17, 15) is 0 Å². The molecule has 0 saturated heterocycles. The Kier molecular flexibility index (Phi) is 6.97. The van der Waals surface area contributed by atoms with Crippen molar-refractivity contribution in [3.8, 4) is 0 Å². The molecule has 150 valence electrons. The third kappa shape index (κ3) is 4.92. The van der Waals surface area contributed by atoms with Gasteiger partial charge in [0.25, 0.3) is 0 Å². The fraction of sp³-hybridized carbons (Fsp3) is 0.684. The normalized spacial score (nSPS) is 19.6. The van der Waals surface area contributed by atoms with Gasteiger partial charge >= 0.3 is 0 Å². The first-order valence-corrected chi connectivity index (χ1v) is 11.2. The summed E-state index contributed by atoms with van der Waals surface area (Å²) in [5, 5.41) is 14.6. The Morgan fingerprint density at radius 2 is 2.19 bits per heavy atom. The van der Waals surface area contributed by atoms with Gasteiger partial charge in [0.15, 0.2) is 5.16 Å². The number of nitrogens with zero attached hydrogens (tertiary/aromatic N) is 2. The molecule has 2 aromatic rings. The molecule has 1 atom stereocenters. The average Bonchev–Trinajstić information content (AvgIpc) is 2.98. The van der Waals surface area contributed by atoms with E-state index >= 15 is 0 Å². The Morgan fingerprint density at radius 1 is 1.37 bits per heavy atom. The minimum atomic E-state index is -0.131. The molecule has 2 N–H and O–H groups in total. The van der Waals surface area contributed by atoms with Gasteiger partial charge in [-0.2, -0.15) is 0 Å². The summed E-state index contributed by atoms with van der Waals surface area (Å²) in [6.07, 6.45) is 1.86. The number of ether oxygens (including phenoxy) is 2. The maximum absolute atomic E-state index is 8.84. The Hall–Kier alpha value is -0.930. The van der Waals surface area contributed by atoms with E-state index < -0.39 is 0 Å². The highest BCUT2D eigenvalue weighted by Crippen LogP contribution is 2.42. The molecule has 3 heterocycles. The van der Waals surface area contributed by atoms with Crippen molar-refractivity contribution in [1.29, 1.82) is 0 Å². The van der Waals surface area contributed by atoms with Crippen molar-refractivity contribution in [2.75, 3.05) is 31.7 Å². The van der Waals surface area contributed by atoms with E-state index in [2.05, 4.69) is 33.0 Å². The van der Waals surface area contributed by atoms with Crippen LogP contribution in [-0.4, -0.2) is 52.3 Å². The van der Waals surface area contributed by atoms with E-state index in [1.165, 1.54) is 10.4 Å². The van der Waals surface area contributed by atoms with Crippen LogP contribution >= 0.6 is 23.1 Å². The number of thioether (sulfide) groups is 1. The van der Waals surface area contributed by atoms with Crippen LogP contribution in [0.25, 0.3) is 10.2 Å². The second kappa shape index (κ2) is 9.05. The summed E-state index contributed by atoms with van der Waals surface area (Å²) in [4.78, 5) is 11.9. The Morgan fingerprint density at radius 3 is 2.89 bits per heavy atom. The maximum Gasteiger partial charge on any atom is 0.191 e. The number of hydrogen-bond donors (Lipinski definition) is 2. The molecule has 0 bridgehead atoms. The second-order valence-corrected chi connectivity index (χ2v) is 9.86. The van der Waals surface area contributed by atoms with E-state index in [1.54, 1.807) is 23.1 Å². The first kappa shape index (κ1) is 20.8. The zero-order valence-corrected chi connectivity index (χ0v) is 18.1. The first-order chi connectivity index (χ1) is 13.0. The summed E-state index contributed by atoms with van der Waals surface area (Å²) in [5.74, 6) is 0.883. The average molecular weight is 412 g/mol. The topological polar surface area (TPSA) is 76.5 Å². The molecular weight excluding hydrogens is 382 g/mol. The predicted molar refractivity (Wildman–Crippen MR) is 112 cm³/mol. The summed E-state index contributed by atoms with van der Waals surface area (Å²) in [7, 11) is 0. The van der Waals surface area contributed by atoms with Crippen molar-refractivity contribution in [3.05, 3.63) is 10.4 Å². The lowest BCUT2D eigenvalue weighted by Crippen LogP contribution is -2.34. The van der Waals surface area contributed by atoms with Crippen LogP contribution in [0, 0.1) is 0 Å². The van der Waals surface area contributed by atoms with E-state index in [0.29, 0.717) is 31.6 Å². The Labute approximate surface area is 169 Å². The van der Waals surface area contributed by atoms with Crippen LogP contribution in [0.15, 0.2) is 5.16 Å². The van der Waals surface area contributed by atoms with Crippen LogP contribution in [0.5, 0.6) is 0 Å². The van der Waals surface area contributed by atoms with Gasteiger partial charge in [-0.05, 0) is 18.9 Å². The van der Waals surface area contributed by atoms with Crippen molar-refractivity contribution < 1.29 is 14.6 Å². The van der Waals surface area contributed by atoms with Crippen LogP contribution in [0.1, 0.15) is 44.6 Å². The van der Waals surface area contributed by atoms with Crippen molar-refractivity contribution in [2.45, 2.75) is 63.2 Å². The first-order valence-electron chi connectivity index (χ1n) is 9.51. The molecule has 0 amide bonds. The van der Waals surface area contributed by atoms with Crippen LogP contribution in [-0.2, 0) is 22.5 Å². The Balaban J connectivity index is 1.94. The summed E-state index contributed by atoms with van der Waals surface area (Å²) in [5.41, 5.74) is 1.19. The molecule has 8 heteroatoms. The van der Waals surface area contributed by atoms with Gasteiger partial charge in [-0.25, -0.2) is 9.97 Å². The highest BCUT2D eigenvalue weighted by Gasteiger charge is 2.33. The van der Waals surface area contributed by atoms with Crippen molar-refractivity contribution >= 4 is 39.1 Å². The molecule has 0 fully saturated rings. The lowest BCUT2D eigenvalue weighted by atomic mass is 9.90. The molecular formula is C19H29N3O3S2. The molecule has 27 heavy (non-hydrogen) atoms. The van der Waals surface area contributed by atoms with Crippen LogP contribution in [0.3, 0.4) is 0 Å². The predicted octanol–water partition coefficient (Wildman–Crippen LogP) is 3.85. The molecule has 6 nitrogen and oxygen atoms in total. The van der Waals surface area contributed by atoms with Gasteiger partial charge in [0.2, 0.25) is 0 Å². The number of aliphatic hydroxyl groups excluding tert-OH is 1. The van der Waals surface area contributed by atoms with Crippen molar-refractivity contribution in [1.82, 2.24) is 9.97 Å². The molecule has 1 unspecified atom stereocenters. The van der Waals surface area contributed by atoms with E-state index in [0.717, 1.165) is 34.0 Å². The van der Waals surface area contributed by atoms with Gasteiger partial charge in [0.05, 0.1) is 37.4 Å². The summed E-state index contributed by atoms with van der Waals surface area (Å²) < 4.78 is 11.5. The number of aromatic nitrogens is 2. The third-order valence-electron chi connectivity index (χ3n) is 4.68. The van der Waals surface area contributed by atoms with Crippen molar-refractivity contribution in [2.24, 2.45) is 0 Å². The van der Waals surface area contributed by atoms with Gasteiger partial charge in [-0.3, -0.25) is 0 Å². The summed E-state index contributed by atoms with van der Waals surface area (Å²) in [6.45, 7) is 10.9. The van der Waals surface area contributed by atoms with Gasteiger partial charge in [0.1, 0.15) is 10.6 Å². The monoisotopic (exact) mass is 411 g/mol. The molecule has 1 aliphatic heterocycles. The zero-order chi connectivity index (χ0) is 19.4. The number of rotatable bonds is 9. The van der Waals surface area contributed by atoms with Crippen LogP contribution < -0.4 is 5.32 Å². The van der Waals surface area contributed by atoms with Gasteiger partial charge in [0, 0.05) is 23.1 Å². The van der Waals surface area contributed by atoms with Gasteiger partial charge in [-0.1, -0.05) is 32.5 Å². The maximum atomic E-state index is 8.84. The molecule has 2 aromatic heterocycles. The van der Waals surface area contributed by atoms with E-state index in [-0.39, 0.29) is 12.2 Å². The standard InChI is InChI=1S/C19H29N3O3S2/c1-5-19(4)10-13-14(11-25-19)27-17-15(13)16(20-6-8-24-9-7-23)21-18(22-17)26-12(2)3/h12,23H,5-11H2,1-4H3,(H,20,21,22). The smallest absolute Gasteiger partial charge is 0.191 e. The summed E-state index contributed by atoms with van der Waals surface area (Å²) in [6, 6.07) is 0. The number of aliphatic hydroxyl groups is 1. The highest BCUT2D eigenvalue weighted by molar-refractivity contribution is 7.99. The van der Waals surface area contributed by atoms with Crippen LogP contribution in [0.2, 0.25) is 0 Å². The van der Waals surface area contributed by atoms with Gasteiger partial charge in [-0.15, -0.1) is 11.3 Å². The molecule has 0 spiro atoms. The van der Waals surface area contributed by atoms with Crippen molar-refractivity contribution in [3.63, 3.8) is 0 Å². The molecule has 0 saturated carbocycles. The SMILES string of the molecule is CCC1(C)Cc2c(sc3nc(SC(C)C)nc(NCCOCCO)c23)CO1. The number of fused-ring (bicyclic) bond motifs is 3. The minimum absolute atomic E-state index is 0.0422. The molecule has 1 aliphatic rings. The highest BCUT2D eigenvalue weighted by atomic mass is 32.2. The van der Waals surface area contributed by atoms with Gasteiger partial charge < -0.3 is 19.9 Å². The number of hydrogen-bond acceptors (Lipinski definition) is 8. The number of thiophene rings is 1. The second-order valence-electron chi connectivity index (χ2n) is 7.24. The van der Waals surface area contributed by atoms with E-state index in [1.807, 2.05) is 0 Å². The fourth-order valence-corrected chi connectivity index (χ4v) is 4.95. The largest absolute Gasteiger partial charge is 0.394 e. The third-order valence-corrected chi connectivity index (χ3v) is 6.64. The zero-order valence-electron chi connectivity index (χ0n) is 16.5. The lowest BCUT2D eigenvalue weighted by molar-refractivity contribution is -0.0542. The number of nitrogens with one attached hydrogen (secondary N) is 1. The van der Waals surface area contributed by atoms with E-state index in [4.69, 9.17) is 24.5 Å². The minimum Gasteiger partial charge on any atom is -0.394 e. The molecule has 0 aromatic carbocycles. The Bertz CT molecular complexity index is 781. The molecule has 0 radical (unpaired) electrons. The lowest BCUT2D eigenvalue weighted by Gasteiger charge is -2.33. The number of anilines is 1. The molecule has 0 aliphatic carbocycles. The molecule has 3 rings (SSSR count).